The van der Waals surface area contributed by atoms with Gasteiger partial charge in [0.05, 0.1) is 5.69 Å². The molecule has 3 amide bonds. The fraction of sp³-hybridized carbons (Fsp3) is 0.640. The summed E-state index contributed by atoms with van der Waals surface area (Å²) in [5.41, 5.74) is 0.862. The lowest BCUT2D eigenvalue weighted by molar-refractivity contribution is -0.150. The highest BCUT2D eigenvalue weighted by atomic mass is 16.5. The highest BCUT2D eigenvalue weighted by Gasteiger charge is 2.53. The van der Waals surface area contributed by atoms with E-state index in [9.17, 15) is 24.0 Å². The van der Waals surface area contributed by atoms with Crippen LogP contribution >= 0.6 is 0 Å². The van der Waals surface area contributed by atoms with Crippen LogP contribution in [-0.2, 0) is 14.3 Å². The first-order valence-electron chi connectivity index (χ1n) is 11.8. The summed E-state index contributed by atoms with van der Waals surface area (Å²) in [7, 11) is 0. The van der Waals surface area contributed by atoms with Gasteiger partial charge in [-0.25, -0.2) is 4.79 Å². The van der Waals surface area contributed by atoms with E-state index >= 15 is 0 Å². The molecule has 0 aromatic carbocycles. The van der Waals surface area contributed by atoms with Gasteiger partial charge < -0.3 is 15.0 Å². The summed E-state index contributed by atoms with van der Waals surface area (Å²) in [5.74, 6) is -1.47. The van der Waals surface area contributed by atoms with Crippen LogP contribution < -0.4 is 5.32 Å². The molecule has 34 heavy (non-hydrogen) atoms. The molecule has 9 heteroatoms. The number of Topliss-reactive ketones (excluding diaryl/α,β-unsaturated/α-hetero) is 2. The highest BCUT2D eigenvalue weighted by molar-refractivity contribution is 6.09. The Kier molecular flexibility index (Phi) is 6.79. The average Bonchev–Trinajstić information content (AvgIpc) is 3.14. The van der Waals surface area contributed by atoms with Gasteiger partial charge in [0.1, 0.15) is 12.1 Å². The number of carbonyl (C=O) groups is 5. The van der Waals surface area contributed by atoms with Crippen molar-refractivity contribution >= 4 is 29.5 Å². The monoisotopic (exact) mass is 473 g/mol. The summed E-state index contributed by atoms with van der Waals surface area (Å²) in [6.45, 7) is 12.1. The van der Waals surface area contributed by atoms with E-state index in [2.05, 4.69) is 31.1 Å². The fourth-order valence-electron chi connectivity index (χ4n) is 5.28. The zero-order chi connectivity index (χ0) is 25.6. The molecule has 0 bridgehead atoms. The maximum absolute atomic E-state index is 13.1. The van der Waals surface area contributed by atoms with Crippen molar-refractivity contribution in [1.82, 2.24) is 15.2 Å². The van der Waals surface area contributed by atoms with Gasteiger partial charge in [-0.3, -0.25) is 24.1 Å². The first-order valence-corrected chi connectivity index (χ1v) is 11.8. The molecule has 0 radical (unpaired) electrons. The quantitative estimate of drug-likeness (QED) is 0.370. The van der Waals surface area contributed by atoms with Gasteiger partial charge in [0, 0.05) is 11.3 Å². The van der Waals surface area contributed by atoms with Gasteiger partial charge in [-0.05, 0) is 70.3 Å². The Hall–Kier alpha value is -2.97. The molecule has 186 valence electrons. The van der Waals surface area contributed by atoms with Gasteiger partial charge in [-0.15, -0.1) is 0 Å². The topological polar surface area (TPSA) is 126 Å². The van der Waals surface area contributed by atoms with Crippen LogP contribution in [0, 0.1) is 25.2 Å². The zero-order valence-electron chi connectivity index (χ0n) is 21.1. The number of ether oxygens (including phenoxy) is 1. The molecular formula is C25H35N3O6. The Morgan fingerprint density at radius 1 is 1.15 bits per heavy atom. The summed E-state index contributed by atoms with van der Waals surface area (Å²) in [6, 6.07) is -0.614. The van der Waals surface area contributed by atoms with E-state index in [0.717, 1.165) is 17.7 Å². The van der Waals surface area contributed by atoms with Crippen LogP contribution in [0.5, 0.6) is 0 Å². The second kappa shape index (κ2) is 9.00. The van der Waals surface area contributed by atoms with E-state index in [4.69, 9.17) is 4.74 Å². The highest BCUT2D eigenvalue weighted by Crippen LogP contribution is 2.43. The van der Waals surface area contributed by atoms with Gasteiger partial charge in [0.2, 0.25) is 5.78 Å². The number of nitrogens with zero attached hydrogens (tertiary/aromatic N) is 1. The number of esters is 1. The molecule has 1 aliphatic heterocycles. The third-order valence-corrected chi connectivity index (χ3v) is 7.31. The number of aromatic nitrogens is 1. The normalized spacial score (nSPS) is 23.7. The number of ketones is 2. The third kappa shape index (κ3) is 4.65. The van der Waals surface area contributed by atoms with Crippen LogP contribution in [0.4, 0.5) is 4.79 Å². The van der Waals surface area contributed by atoms with Crippen molar-refractivity contribution in [3.05, 3.63) is 22.5 Å². The minimum atomic E-state index is -1.15. The molecule has 1 aromatic heterocycles. The lowest BCUT2D eigenvalue weighted by Gasteiger charge is -2.40. The summed E-state index contributed by atoms with van der Waals surface area (Å²) in [5, 5.41) is 2.80. The molecule has 1 saturated carbocycles. The Morgan fingerprint density at radius 2 is 1.74 bits per heavy atom. The van der Waals surface area contributed by atoms with Crippen molar-refractivity contribution in [2.24, 2.45) is 11.3 Å². The number of nitrogens with one attached hydrogen (secondary N) is 2. The number of hydrogen-bond donors (Lipinski definition) is 2. The summed E-state index contributed by atoms with van der Waals surface area (Å²) in [4.78, 5) is 66.6. The number of H-pyrrole nitrogens is 1. The third-order valence-electron chi connectivity index (χ3n) is 7.31. The maximum atomic E-state index is 13.1. The number of carbonyl (C=O) groups excluding carboxylic acids is 5. The molecule has 1 spiro atoms. The number of imide groups is 1. The predicted molar refractivity (Wildman–Crippen MR) is 125 cm³/mol. The van der Waals surface area contributed by atoms with Crippen molar-refractivity contribution in [2.75, 3.05) is 6.54 Å². The van der Waals surface area contributed by atoms with Gasteiger partial charge in [-0.2, -0.15) is 0 Å². The van der Waals surface area contributed by atoms with Gasteiger partial charge >= 0.3 is 12.0 Å². The molecule has 3 rings (SSSR count). The number of aromatic amines is 1. The van der Waals surface area contributed by atoms with E-state index in [1.807, 2.05) is 0 Å². The van der Waals surface area contributed by atoms with Crippen LogP contribution in [0.15, 0.2) is 0 Å². The first kappa shape index (κ1) is 25.6. The van der Waals surface area contributed by atoms with Crippen LogP contribution in [0.25, 0.3) is 0 Å². The second-order valence-corrected chi connectivity index (χ2v) is 10.7. The smallest absolute Gasteiger partial charge is 0.326 e. The Bertz CT molecular complexity index is 1040. The fourth-order valence-corrected chi connectivity index (χ4v) is 5.28. The number of aryl methyl sites for hydroxylation is 1. The van der Waals surface area contributed by atoms with Crippen LogP contribution in [0.1, 0.15) is 92.4 Å². The predicted octanol–water partition coefficient (Wildman–Crippen LogP) is 3.48. The molecule has 0 unspecified atom stereocenters. The van der Waals surface area contributed by atoms with Crippen molar-refractivity contribution in [1.29, 1.82) is 0 Å². The molecule has 2 aliphatic rings. The van der Waals surface area contributed by atoms with Gasteiger partial charge in [0.25, 0.3) is 5.91 Å². The molecule has 1 saturated heterocycles. The molecule has 2 fully saturated rings. The molecule has 2 N–H and O–H groups in total. The molecule has 9 nitrogen and oxygen atoms in total. The molecule has 1 atom stereocenters. The summed E-state index contributed by atoms with van der Waals surface area (Å²) < 4.78 is 5.26. The summed E-state index contributed by atoms with van der Waals surface area (Å²) >= 11 is 0. The molecule has 1 aromatic rings. The van der Waals surface area contributed by atoms with Crippen molar-refractivity contribution in [3.63, 3.8) is 0 Å². The Balaban J connectivity index is 1.63. The van der Waals surface area contributed by atoms with Gasteiger partial charge in [-0.1, -0.05) is 20.8 Å². The largest absolute Gasteiger partial charge is 0.453 e. The Morgan fingerprint density at radius 3 is 2.24 bits per heavy atom. The average molecular weight is 474 g/mol. The maximum Gasteiger partial charge on any atom is 0.326 e. The van der Waals surface area contributed by atoms with Crippen LogP contribution in [0.3, 0.4) is 0 Å². The van der Waals surface area contributed by atoms with E-state index in [0.29, 0.717) is 35.6 Å². The van der Waals surface area contributed by atoms with E-state index in [1.54, 1.807) is 13.8 Å². The van der Waals surface area contributed by atoms with Crippen LogP contribution in [-0.4, -0.2) is 57.5 Å². The number of amides is 3. The molecular weight excluding hydrogens is 438 g/mol. The number of urea groups is 1. The zero-order valence-corrected chi connectivity index (χ0v) is 21.1. The van der Waals surface area contributed by atoms with E-state index in [1.165, 1.54) is 13.8 Å². The van der Waals surface area contributed by atoms with Crippen molar-refractivity contribution in [3.8, 4) is 0 Å². The van der Waals surface area contributed by atoms with Crippen molar-refractivity contribution in [2.45, 2.75) is 85.8 Å². The number of hydrogen-bond acceptors (Lipinski definition) is 6. The SMILES string of the molecule is CC(=O)c1c(C)[nH]c(C(=O)[C@@H](C)OC(=O)CN2C(=O)NC3(CCC(C(C)(C)C)CC3)C2=O)c1C. The lowest BCUT2D eigenvalue weighted by atomic mass is 9.67. The first-order chi connectivity index (χ1) is 15.7. The standard InChI is InChI=1S/C25H35N3O6/c1-13-19(15(3)29)14(2)26-20(13)21(31)16(4)34-18(30)12-28-22(32)25(27-23(28)33)10-8-17(9-11-25)24(5,6)7/h16-17,26H,8-12H2,1-7H3,(H,27,33)/t16-,17?,25?/m1/s1. The van der Waals surface area contributed by atoms with E-state index < -0.39 is 41.9 Å². The van der Waals surface area contributed by atoms with Crippen LogP contribution in [0.2, 0.25) is 0 Å². The van der Waals surface area contributed by atoms with Gasteiger partial charge in [0.15, 0.2) is 11.9 Å². The lowest BCUT2D eigenvalue weighted by Crippen LogP contribution is -2.50. The summed E-state index contributed by atoms with van der Waals surface area (Å²) in [6.07, 6.45) is 1.54. The molecule has 2 heterocycles. The number of rotatable bonds is 6. The minimum Gasteiger partial charge on any atom is -0.453 e. The Labute approximate surface area is 200 Å². The second-order valence-electron chi connectivity index (χ2n) is 10.7. The molecule has 1 aliphatic carbocycles. The van der Waals surface area contributed by atoms with Crippen molar-refractivity contribution < 1.29 is 28.7 Å². The minimum absolute atomic E-state index is 0.126. The van der Waals surface area contributed by atoms with E-state index in [-0.39, 0.29) is 16.9 Å².